The second-order valence-electron chi connectivity index (χ2n) is 4.04. The minimum atomic E-state index is 0.912. The number of likely N-dealkylation sites (N-methyl/N-ethyl adjacent to an activating group) is 1. The molecule has 0 aliphatic heterocycles. The zero-order valence-electron chi connectivity index (χ0n) is 9.47. The predicted molar refractivity (Wildman–Crippen MR) is 62.6 cm³/mol. The summed E-state index contributed by atoms with van der Waals surface area (Å²) in [6.07, 6.45) is 7.19. The molecule has 1 aliphatic carbocycles. The summed E-state index contributed by atoms with van der Waals surface area (Å²) in [5.74, 6) is 0. The van der Waals surface area contributed by atoms with Gasteiger partial charge in [0.15, 0.2) is 0 Å². The molecule has 0 spiro atoms. The number of nitrogens with zero attached hydrogens (tertiary/aromatic N) is 1. The van der Waals surface area contributed by atoms with E-state index in [-0.39, 0.29) is 0 Å². The number of unbranched alkanes of at least 4 members (excludes halogenated alkanes) is 1. The highest BCUT2D eigenvalue weighted by molar-refractivity contribution is 4.83. The molecule has 14 heavy (non-hydrogen) atoms. The second kappa shape index (κ2) is 7.02. The first-order chi connectivity index (χ1) is 6.88. The molecule has 1 aliphatic rings. The van der Waals surface area contributed by atoms with Gasteiger partial charge in [0.25, 0.3) is 0 Å². The van der Waals surface area contributed by atoms with E-state index >= 15 is 0 Å². The van der Waals surface area contributed by atoms with Crippen molar-refractivity contribution in [2.75, 3.05) is 26.2 Å². The molecule has 1 N–H and O–H groups in total. The Morgan fingerprint density at radius 1 is 1.43 bits per heavy atom. The van der Waals surface area contributed by atoms with Gasteiger partial charge in [-0.3, -0.25) is 4.90 Å². The normalized spacial score (nSPS) is 16.1. The Hall–Kier alpha value is -0.340. The van der Waals surface area contributed by atoms with Crippen LogP contribution in [0.1, 0.15) is 32.6 Å². The van der Waals surface area contributed by atoms with Crippen LogP contribution in [-0.2, 0) is 0 Å². The monoisotopic (exact) mass is 196 g/mol. The minimum Gasteiger partial charge on any atom is -0.315 e. The van der Waals surface area contributed by atoms with Gasteiger partial charge in [0.05, 0.1) is 0 Å². The molecule has 0 bridgehead atoms. The van der Waals surface area contributed by atoms with Gasteiger partial charge in [0, 0.05) is 19.1 Å². The van der Waals surface area contributed by atoms with E-state index in [1.54, 1.807) is 0 Å². The molecule has 2 heteroatoms. The first-order valence-corrected chi connectivity index (χ1v) is 5.94. The molecule has 0 heterocycles. The van der Waals surface area contributed by atoms with Crippen LogP contribution >= 0.6 is 0 Å². The van der Waals surface area contributed by atoms with Crippen LogP contribution in [0, 0.1) is 0 Å². The van der Waals surface area contributed by atoms with Crippen LogP contribution in [0.3, 0.4) is 0 Å². The highest BCUT2D eigenvalue weighted by atomic mass is 15.2. The Kier molecular flexibility index (Phi) is 5.88. The van der Waals surface area contributed by atoms with Crippen LogP contribution in [0.5, 0.6) is 0 Å². The van der Waals surface area contributed by atoms with Crippen molar-refractivity contribution < 1.29 is 0 Å². The van der Waals surface area contributed by atoms with Gasteiger partial charge in [-0.25, -0.2) is 0 Å². The number of hydrogen-bond acceptors (Lipinski definition) is 2. The lowest BCUT2D eigenvalue weighted by Gasteiger charge is -2.19. The average Bonchev–Trinajstić information content (AvgIpc) is 3.01. The maximum absolute atomic E-state index is 3.72. The molecule has 0 aromatic heterocycles. The summed E-state index contributed by atoms with van der Waals surface area (Å²) in [6, 6.07) is 0.912. The summed E-state index contributed by atoms with van der Waals surface area (Å²) in [4.78, 5) is 2.58. The number of hydrogen-bond donors (Lipinski definition) is 1. The van der Waals surface area contributed by atoms with Crippen LogP contribution in [-0.4, -0.2) is 37.1 Å². The van der Waals surface area contributed by atoms with Crippen LogP contribution in [0.2, 0.25) is 0 Å². The number of nitrogens with one attached hydrogen (secondary N) is 1. The third kappa shape index (κ3) is 4.77. The lowest BCUT2D eigenvalue weighted by molar-refractivity contribution is 0.277. The Morgan fingerprint density at radius 2 is 2.21 bits per heavy atom. The van der Waals surface area contributed by atoms with Crippen molar-refractivity contribution in [3.05, 3.63) is 12.7 Å². The van der Waals surface area contributed by atoms with Crippen molar-refractivity contribution in [2.24, 2.45) is 0 Å². The Labute approximate surface area is 88.4 Å². The molecule has 0 amide bonds. The fraction of sp³-hybridized carbons (Fsp3) is 0.833. The van der Waals surface area contributed by atoms with Crippen LogP contribution < -0.4 is 5.32 Å². The van der Waals surface area contributed by atoms with Crippen LogP contribution in [0.4, 0.5) is 0 Å². The van der Waals surface area contributed by atoms with E-state index in [0.717, 1.165) is 25.6 Å². The minimum absolute atomic E-state index is 0.912. The molecular weight excluding hydrogens is 172 g/mol. The third-order valence-corrected chi connectivity index (χ3v) is 2.81. The summed E-state index contributed by atoms with van der Waals surface area (Å²) < 4.78 is 0. The van der Waals surface area contributed by atoms with Crippen molar-refractivity contribution in [3.63, 3.8) is 0 Å². The maximum atomic E-state index is 3.72. The fourth-order valence-electron chi connectivity index (χ4n) is 1.76. The predicted octanol–water partition coefficient (Wildman–Crippen LogP) is 2.03. The molecule has 2 nitrogen and oxygen atoms in total. The molecule has 0 saturated heterocycles. The molecule has 0 unspecified atom stereocenters. The molecular formula is C12H24N2. The topological polar surface area (TPSA) is 15.3 Å². The molecule has 1 fully saturated rings. The third-order valence-electron chi connectivity index (χ3n) is 2.81. The average molecular weight is 196 g/mol. The van der Waals surface area contributed by atoms with Crippen LogP contribution in [0.15, 0.2) is 12.7 Å². The number of allylic oxidation sites excluding steroid dienone is 1. The van der Waals surface area contributed by atoms with E-state index in [1.807, 2.05) is 6.08 Å². The molecule has 0 atom stereocenters. The van der Waals surface area contributed by atoms with Crippen molar-refractivity contribution in [3.8, 4) is 0 Å². The van der Waals surface area contributed by atoms with E-state index in [9.17, 15) is 0 Å². The first-order valence-electron chi connectivity index (χ1n) is 5.94. The lowest BCUT2D eigenvalue weighted by atomic mass is 10.3. The second-order valence-corrected chi connectivity index (χ2v) is 4.04. The SMILES string of the molecule is C=CCCCNCCN(CC)C1CC1. The van der Waals surface area contributed by atoms with Gasteiger partial charge in [-0.15, -0.1) is 6.58 Å². The largest absolute Gasteiger partial charge is 0.315 e. The van der Waals surface area contributed by atoms with Crippen LogP contribution in [0.25, 0.3) is 0 Å². The zero-order valence-corrected chi connectivity index (χ0v) is 9.47. The smallest absolute Gasteiger partial charge is 0.0110 e. The summed E-state index contributed by atoms with van der Waals surface area (Å²) in [7, 11) is 0. The summed E-state index contributed by atoms with van der Waals surface area (Å²) >= 11 is 0. The lowest BCUT2D eigenvalue weighted by Crippen LogP contribution is -2.33. The van der Waals surface area contributed by atoms with Gasteiger partial charge in [-0.1, -0.05) is 13.0 Å². The van der Waals surface area contributed by atoms with Gasteiger partial charge >= 0.3 is 0 Å². The van der Waals surface area contributed by atoms with E-state index in [0.29, 0.717) is 0 Å². The molecule has 0 aromatic carbocycles. The van der Waals surface area contributed by atoms with Crippen molar-refractivity contribution in [1.29, 1.82) is 0 Å². The van der Waals surface area contributed by atoms with Crippen molar-refractivity contribution >= 4 is 0 Å². The van der Waals surface area contributed by atoms with Gasteiger partial charge in [-0.05, 0) is 38.8 Å². The Morgan fingerprint density at radius 3 is 2.79 bits per heavy atom. The van der Waals surface area contributed by atoms with Gasteiger partial charge < -0.3 is 5.32 Å². The van der Waals surface area contributed by atoms with E-state index < -0.39 is 0 Å². The summed E-state index contributed by atoms with van der Waals surface area (Å²) in [6.45, 7) is 10.7. The van der Waals surface area contributed by atoms with E-state index in [4.69, 9.17) is 0 Å². The first kappa shape index (κ1) is 11.7. The quantitative estimate of drug-likeness (QED) is 0.448. The zero-order chi connectivity index (χ0) is 10.2. The highest BCUT2D eigenvalue weighted by Crippen LogP contribution is 2.25. The van der Waals surface area contributed by atoms with Gasteiger partial charge in [-0.2, -0.15) is 0 Å². The molecule has 0 radical (unpaired) electrons. The van der Waals surface area contributed by atoms with Crippen molar-refractivity contribution in [1.82, 2.24) is 10.2 Å². The Bertz CT molecular complexity index is 152. The number of rotatable bonds is 9. The summed E-state index contributed by atoms with van der Waals surface area (Å²) in [5, 5.41) is 3.48. The Balaban J connectivity index is 1.88. The van der Waals surface area contributed by atoms with Gasteiger partial charge in [0.1, 0.15) is 0 Å². The fourth-order valence-corrected chi connectivity index (χ4v) is 1.76. The molecule has 1 saturated carbocycles. The molecule has 82 valence electrons. The van der Waals surface area contributed by atoms with E-state index in [1.165, 1.54) is 32.4 Å². The van der Waals surface area contributed by atoms with Crippen molar-refractivity contribution in [2.45, 2.75) is 38.6 Å². The molecule has 0 aromatic rings. The maximum Gasteiger partial charge on any atom is 0.0110 e. The summed E-state index contributed by atoms with van der Waals surface area (Å²) in [5.41, 5.74) is 0. The van der Waals surface area contributed by atoms with E-state index in [2.05, 4.69) is 23.7 Å². The molecule has 1 rings (SSSR count). The highest BCUT2D eigenvalue weighted by Gasteiger charge is 2.26. The standard InChI is InChI=1S/C12H24N2/c1-3-5-6-9-13-10-11-14(4-2)12-7-8-12/h3,12-13H,1,4-11H2,2H3. The van der Waals surface area contributed by atoms with Gasteiger partial charge in [0.2, 0.25) is 0 Å².